The highest BCUT2D eigenvalue weighted by Crippen LogP contribution is 2.25. The maximum absolute atomic E-state index is 12.0. The third-order valence-electron chi connectivity index (χ3n) is 6.54. The van der Waals surface area contributed by atoms with Crippen molar-refractivity contribution in [2.75, 3.05) is 59.3 Å². The summed E-state index contributed by atoms with van der Waals surface area (Å²) < 4.78 is 17.8. The van der Waals surface area contributed by atoms with Crippen LogP contribution in [0, 0.1) is 5.41 Å². The Labute approximate surface area is 247 Å². The fraction of sp³-hybridized carbons (Fsp3) is 0.889. The maximum atomic E-state index is 12.0. The number of nitrogens with zero attached hydrogens (tertiary/aromatic N) is 9. The lowest BCUT2D eigenvalue weighted by atomic mass is 9.88. The first-order valence-electron chi connectivity index (χ1n) is 14.7. The second kappa shape index (κ2) is 28.0. The lowest BCUT2D eigenvalue weighted by Crippen LogP contribution is -2.37. The van der Waals surface area contributed by atoms with E-state index in [0.29, 0.717) is 136 Å². The van der Waals surface area contributed by atoms with Crippen LogP contribution in [0.15, 0.2) is 15.3 Å². The van der Waals surface area contributed by atoms with Crippen LogP contribution in [0.2, 0.25) is 0 Å². The number of hydrogen-bond donors (Lipinski definition) is 0. The van der Waals surface area contributed by atoms with Crippen molar-refractivity contribution >= 4 is 17.3 Å². The SMILES string of the molecule is CCC(COCCCC(=O)CCCN=[N+]=[N-])(COCCCC(=O)CCCN=[N+]=[N-])COCCCC(=O)CCCN=[N+]=[N-]. The lowest BCUT2D eigenvalue weighted by Gasteiger charge is -2.32. The van der Waals surface area contributed by atoms with Gasteiger partial charge in [0.05, 0.1) is 19.8 Å². The van der Waals surface area contributed by atoms with E-state index in [1.165, 1.54) is 0 Å². The van der Waals surface area contributed by atoms with Crippen LogP contribution in [0.4, 0.5) is 0 Å². The van der Waals surface area contributed by atoms with Crippen LogP contribution in [0.5, 0.6) is 0 Å². The summed E-state index contributed by atoms with van der Waals surface area (Å²) in [5.74, 6) is 0.333. The average Bonchev–Trinajstić information content (AvgIpc) is 2.98. The number of rotatable bonds is 31. The van der Waals surface area contributed by atoms with E-state index in [-0.39, 0.29) is 17.3 Å². The highest BCUT2D eigenvalue weighted by atomic mass is 16.5. The molecule has 15 heteroatoms. The Balaban J connectivity index is 4.61. The van der Waals surface area contributed by atoms with Crippen LogP contribution in [-0.4, -0.2) is 76.6 Å². The van der Waals surface area contributed by atoms with Crippen molar-refractivity contribution in [2.45, 2.75) is 90.4 Å². The molecule has 0 aromatic carbocycles. The molecule has 0 heterocycles. The van der Waals surface area contributed by atoms with Gasteiger partial charge in [-0.25, -0.2) is 0 Å². The molecule has 0 rings (SSSR count). The molecule has 0 amide bonds. The van der Waals surface area contributed by atoms with Crippen molar-refractivity contribution in [1.82, 2.24) is 0 Å². The first-order valence-corrected chi connectivity index (χ1v) is 14.7. The molecule has 0 saturated heterocycles. The Kier molecular flexibility index (Phi) is 25.8. The number of ether oxygens (including phenoxy) is 3. The van der Waals surface area contributed by atoms with Gasteiger partial charge in [-0.05, 0) is 61.5 Å². The summed E-state index contributed by atoms with van der Waals surface area (Å²) >= 11 is 0. The minimum Gasteiger partial charge on any atom is -0.381 e. The quantitative estimate of drug-likeness (QED) is 0.0365. The van der Waals surface area contributed by atoms with Crippen molar-refractivity contribution in [1.29, 1.82) is 0 Å². The predicted octanol–water partition coefficient (Wildman–Crippen LogP) is 6.75. The second-order valence-electron chi connectivity index (χ2n) is 10.1. The van der Waals surface area contributed by atoms with E-state index >= 15 is 0 Å². The standard InChI is InChI=1S/C27H47N9O6/c1-2-27(21-40-18-6-12-24(37)9-3-15-31-34-28,22-41-19-7-13-25(38)10-4-16-32-35-29)23-42-20-8-14-26(39)11-5-17-33-36-30/h2-23H2,1H3. The molecule has 0 aromatic rings. The van der Waals surface area contributed by atoms with E-state index in [1.807, 2.05) is 6.92 Å². The van der Waals surface area contributed by atoms with Gasteiger partial charge >= 0.3 is 0 Å². The first kappa shape index (κ1) is 38.8. The number of carbonyl (C=O) groups excluding carboxylic acids is 3. The van der Waals surface area contributed by atoms with Gasteiger partial charge in [0.1, 0.15) is 17.3 Å². The Morgan fingerprint density at radius 2 is 0.833 bits per heavy atom. The molecule has 0 aliphatic carbocycles. The van der Waals surface area contributed by atoms with Crippen LogP contribution in [0.1, 0.15) is 90.4 Å². The topological polar surface area (TPSA) is 225 Å². The van der Waals surface area contributed by atoms with Gasteiger partial charge in [0.25, 0.3) is 0 Å². The van der Waals surface area contributed by atoms with Gasteiger partial charge in [-0.1, -0.05) is 22.3 Å². The third-order valence-corrected chi connectivity index (χ3v) is 6.54. The highest BCUT2D eigenvalue weighted by molar-refractivity contribution is 5.79. The van der Waals surface area contributed by atoms with E-state index in [2.05, 4.69) is 30.1 Å². The smallest absolute Gasteiger partial charge is 0.132 e. The number of azide groups is 3. The average molecular weight is 594 g/mol. The molecule has 15 nitrogen and oxygen atoms in total. The van der Waals surface area contributed by atoms with Crippen LogP contribution >= 0.6 is 0 Å². The minimum absolute atomic E-state index is 0.111. The molecule has 0 unspecified atom stereocenters. The normalized spacial score (nSPS) is 11.9. The molecule has 42 heavy (non-hydrogen) atoms. The van der Waals surface area contributed by atoms with Crippen LogP contribution in [-0.2, 0) is 28.6 Å². The van der Waals surface area contributed by atoms with Crippen molar-refractivity contribution in [2.24, 2.45) is 20.8 Å². The molecule has 236 valence electrons. The van der Waals surface area contributed by atoms with Gasteiger partial charge in [-0.2, -0.15) is 0 Å². The zero-order valence-corrected chi connectivity index (χ0v) is 25.0. The molecular weight excluding hydrogens is 546 g/mol. The molecule has 0 aromatic heterocycles. The van der Waals surface area contributed by atoms with Crippen molar-refractivity contribution in [3.8, 4) is 0 Å². The van der Waals surface area contributed by atoms with Crippen LogP contribution in [0.25, 0.3) is 31.3 Å². The molecule has 0 bridgehead atoms. The molecule has 0 spiro atoms. The van der Waals surface area contributed by atoms with Gasteiger partial charge in [0.15, 0.2) is 0 Å². The summed E-state index contributed by atoms with van der Waals surface area (Å²) in [6, 6.07) is 0. The Hall–Kier alpha value is -3.18. The first-order chi connectivity index (χ1) is 20.4. The predicted molar refractivity (Wildman–Crippen MR) is 158 cm³/mol. The van der Waals surface area contributed by atoms with Crippen molar-refractivity contribution in [3.05, 3.63) is 31.3 Å². The van der Waals surface area contributed by atoms with E-state index in [1.54, 1.807) is 0 Å². The van der Waals surface area contributed by atoms with Gasteiger partial charge in [0, 0.05) is 98.1 Å². The van der Waals surface area contributed by atoms with Crippen molar-refractivity contribution in [3.63, 3.8) is 0 Å². The van der Waals surface area contributed by atoms with Crippen molar-refractivity contribution < 1.29 is 28.6 Å². The minimum atomic E-state index is -0.419. The van der Waals surface area contributed by atoms with E-state index in [0.717, 1.165) is 6.42 Å². The monoisotopic (exact) mass is 593 g/mol. The summed E-state index contributed by atoms with van der Waals surface area (Å²) in [6.07, 6.45) is 6.46. The molecule has 0 atom stereocenters. The van der Waals surface area contributed by atoms with Gasteiger partial charge < -0.3 is 14.2 Å². The largest absolute Gasteiger partial charge is 0.381 e. The number of carbonyl (C=O) groups is 3. The zero-order chi connectivity index (χ0) is 31.2. The Morgan fingerprint density at radius 1 is 0.548 bits per heavy atom. The fourth-order valence-electron chi connectivity index (χ4n) is 3.96. The van der Waals surface area contributed by atoms with Gasteiger partial charge in [0.2, 0.25) is 0 Å². The summed E-state index contributed by atoms with van der Waals surface area (Å²) in [6.45, 7) is 5.36. The Morgan fingerprint density at radius 3 is 1.10 bits per heavy atom. The molecule has 0 fully saturated rings. The van der Waals surface area contributed by atoms with Crippen LogP contribution < -0.4 is 0 Å². The van der Waals surface area contributed by atoms with Gasteiger partial charge in [-0.15, -0.1) is 0 Å². The number of Topliss-reactive ketones (excluding diaryl/α,β-unsaturated/α-hetero) is 3. The molecule has 0 aliphatic heterocycles. The van der Waals surface area contributed by atoms with E-state index in [9.17, 15) is 14.4 Å². The Bertz CT molecular complexity index is 802. The summed E-state index contributed by atoms with van der Waals surface area (Å²) in [7, 11) is 0. The van der Waals surface area contributed by atoms with Gasteiger partial charge in [-0.3, -0.25) is 14.4 Å². The third kappa shape index (κ3) is 23.5. The molecule has 0 aliphatic rings. The molecule has 0 radical (unpaired) electrons. The maximum Gasteiger partial charge on any atom is 0.132 e. The molecule has 0 N–H and O–H groups in total. The lowest BCUT2D eigenvalue weighted by molar-refractivity contribution is -0.120. The number of ketones is 3. The summed E-state index contributed by atoms with van der Waals surface area (Å²) in [4.78, 5) is 44.0. The van der Waals surface area contributed by atoms with E-state index < -0.39 is 5.41 Å². The molecular formula is C27H47N9O6. The van der Waals surface area contributed by atoms with E-state index in [4.69, 9.17) is 30.8 Å². The second-order valence-corrected chi connectivity index (χ2v) is 10.1. The zero-order valence-electron chi connectivity index (χ0n) is 25.0. The summed E-state index contributed by atoms with van der Waals surface area (Å²) in [5, 5.41) is 10.3. The number of hydrogen-bond acceptors (Lipinski definition) is 9. The fourth-order valence-corrected chi connectivity index (χ4v) is 3.96. The highest BCUT2D eigenvalue weighted by Gasteiger charge is 2.30. The van der Waals surface area contributed by atoms with Crippen LogP contribution in [0.3, 0.4) is 0 Å². The summed E-state index contributed by atoms with van der Waals surface area (Å²) in [5.41, 5.74) is 24.5. The molecule has 0 saturated carbocycles.